The van der Waals surface area contributed by atoms with Crippen LogP contribution in [0.25, 0.3) is 11.0 Å². The topological polar surface area (TPSA) is 75.0 Å². The first-order valence-electron chi connectivity index (χ1n) is 9.07. The summed E-state index contributed by atoms with van der Waals surface area (Å²) in [6.45, 7) is 7.70. The highest BCUT2D eigenvalue weighted by molar-refractivity contribution is 5.87. The fraction of sp³-hybridized carbons (Fsp3) is 0.364. The molecule has 0 aliphatic heterocycles. The molecule has 2 aromatic rings. The van der Waals surface area contributed by atoms with Crippen molar-refractivity contribution in [1.29, 1.82) is 0 Å². The molecule has 6 nitrogen and oxygen atoms in total. The Hall–Kier alpha value is -3.02. The minimum absolute atomic E-state index is 0.0172. The number of fused-ring (bicyclic) bond motifs is 1. The average molecular weight is 386 g/mol. The van der Waals surface area contributed by atoms with E-state index in [4.69, 9.17) is 18.6 Å². The number of ether oxygens (including phenoxy) is 3. The number of hydrogen-bond acceptors (Lipinski definition) is 6. The lowest BCUT2D eigenvalue weighted by Gasteiger charge is -2.11. The van der Waals surface area contributed by atoms with Crippen LogP contribution in [0.4, 0.5) is 0 Å². The molecule has 0 saturated carbocycles. The molecule has 1 aromatic heterocycles. The molecule has 0 aliphatic carbocycles. The molecular formula is C22H26O6. The van der Waals surface area contributed by atoms with Crippen LogP contribution in [0.3, 0.4) is 0 Å². The molecular weight excluding hydrogens is 360 g/mol. The van der Waals surface area contributed by atoms with E-state index < -0.39 is 11.6 Å². The minimum atomic E-state index is -0.653. The van der Waals surface area contributed by atoms with Crippen molar-refractivity contribution >= 4 is 16.9 Å². The maximum Gasteiger partial charge on any atom is 0.383 e. The second kappa shape index (κ2) is 9.78. The summed E-state index contributed by atoms with van der Waals surface area (Å²) in [5.74, 6) is 0.133. The van der Waals surface area contributed by atoms with E-state index in [0.29, 0.717) is 5.39 Å². The number of carbonyl (C=O) groups is 1. The van der Waals surface area contributed by atoms with Gasteiger partial charge in [0.15, 0.2) is 5.75 Å². The molecule has 0 atom stereocenters. The number of rotatable bonds is 8. The highest BCUT2D eigenvalue weighted by Crippen LogP contribution is 2.34. The van der Waals surface area contributed by atoms with Crippen LogP contribution >= 0.6 is 0 Å². The van der Waals surface area contributed by atoms with Crippen molar-refractivity contribution < 1.29 is 23.4 Å². The molecule has 1 aromatic carbocycles. The Balaban J connectivity index is 2.22. The van der Waals surface area contributed by atoms with Crippen molar-refractivity contribution in [2.45, 2.75) is 40.5 Å². The van der Waals surface area contributed by atoms with Crippen molar-refractivity contribution in [3.8, 4) is 17.2 Å². The van der Waals surface area contributed by atoms with Gasteiger partial charge >= 0.3 is 11.6 Å². The SMILES string of the molecule is COc1c(OCC=C(C)CCC=C(C)C)c(=O)oc2cc(OC(C)=O)ccc12. The second-order valence-corrected chi connectivity index (χ2v) is 6.69. The minimum Gasteiger partial charge on any atom is -0.492 e. The van der Waals surface area contributed by atoms with Crippen LogP contribution in [0.1, 0.15) is 40.5 Å². The van der Waals surface area contributed by atoms with E-state index in [1.165, 1.54) is 31.2 Å². The van der Waals surface area contributed by atoms with Gasteiger partial charge in [0, 0.05) is 13.0 Å². The van der Waals surface area contributed by atoms with Gasteiger partial charge in [-0.3, -0.25) is 4.79 Å². The van der Waals surface area contributed by atoms with Crippen molar-refractivity contribution in [3.05, 3.63) is 51.9 Å². The van der Waals surface area contributed by atoms with Gasteiger partial charge < -0.3 is 18.6 Å². The van der Waals surface area contributed by atoms with Crippen LogP contribution in [0, 0.1) is 0 Å². The first kappa shape index (κ1) is 21.3. The van der Waals surface area contributed by atoms with E-state index >= 15 is 0 Å². The fourth-order valence-electron chi connectivity index (χ4n) is 2.65. The Morgan fingerprint density at radius 2 is 1.86 bits per heavy atom. The number of esters is 1. The van der Waals surface area contributed by atoms with Crippen LogP contribution in [-0.4, -0.2) is 19.7 Å². The van der Waals surface area contributed by atoms with Crippen molar-refractivity contribution in [2.75, 3.05) is 13.7 Å². The molecule has 150 valence electrons. The van der Waals surface area contributed by atoms with Gasteiger partial charge in [-0.1, -0.05) is 17.2 Å². The predicted octanol–water partition coefficient (Wildman–Crippen LogP) is 4.80. The molecule has 0 radical (unpaired) electrons. The highest BCUT2D eigenvalue weighted by atomic mass is 16.5. The Morgan fingerprint density at radius 3 is 2.50 bits per heavy atom. The first-order valence-corrected chi connectivity index (χ1v) is 9.07. The van der Waals surface area contributed by atoms with Crippen molar-refractivity contribution in [1.82, 2.24) is 0 Å². The quantitative estimate of drug-likeness (QED) is 0.281. The lowest BCUT2D eigenvalue weighted by Crippen LogP contribution is -2.10. The highest BCUT2D eigenvalue weighted by Gasteiger charge is 2.17. The summed E-state index contributed by atoms with van der Waals surface area (Å²) >= 11 is 0. The number of carbonyl (C=O) groups excluding carboxylic acids is 1. The van der Waals surface area contributed by atoms with Crippen molar-refractivity contribution in [3.63, 3.8) is 0 Å². The molecule has 0 bridgehead atoms. The second-order valence-electron chi connectivity index (χ2n) is 6.69. The summed E-state index contributed by atoms with van der Waals surface area (Å²) in [5.41, 5.74) is 2.06. The van der Waals surface area contributed by atoms with Gasteiger partial charge in [0.2, 0.25) is 5.75 Å². The normalized spacial score (nSPS) is 11.2. The third kappa shape index (κ3) is 5.74. The van der Waals surface area contributed by atoms with Crippen molar-refractivity contribution in [2.24, 2.45) is 0 Å². The van der Waals surface area contributed by atoms with E-state index in [2.05, 4.69) is 19.9 Å². The molecule has 0 fully saturated rings. The van der Waals surface area contributed by atoms with Gasteiger partial charge in [0.05, 0.1) is 12.5 Å². The Kier molecular flexibility index (Phi) is 7.44. The Bertz CT molecular complexity index is 961. The van der Waals surface area contributed by atoms with E-state index in [1.54, 1.807) is 12.1 Å². The molecule has 0 aliphatic rings. The largest absolute Gasteiger partial charge is 0.492 e. The Morgan fingerprint density at radius 1 is 1.11 bits per heavy atom. The van der Waals surface area contributed by atoms with E-state index in [0.717, 1.165) is 12.8 Å². The molecule has 0 N–H and O–H groups in total. The fourth-order valence-corrected chi connectivity index (χ4v) is 2.65. The number of hydrogen-bond donors (Lipinski definition) is 0. The third-order valence-electron chi connectivity index (χ3n) is 4.01. The molecule has 0 spiro atoms. The van der Waals surface area contributed by atoms with E-state index in [-0.39, 0.29) is 29.4 Å². The lowest BCUT2D eigenvalue weighted by molar-refractivity contribution is -0.131. The molecule has 0 amide bonds. The zero-order chi connectivity index (χ0) is 20.7. The summed E-state index contributed by atoms with van der Waals surface area (Å²) in [7, 11) is 1.46. The number of methoxy groups -OCH3 is 1. The van der Waals surface area contributed by atoms with Crippen LogP contribution in [0.15, 0.2) is 50.7 Å². The number of allylic oxidation sites excluding steroid dienone is 3. The van der Waals surface area contributed by atoms with Gasteiger partial charge in [-0.25, -0.2) is 4.79 Å². The standard InChI is InChI=1S/C22H26O6/c1-14(2)7-6-8-15(3)11-12-26-21-20(25-5)18-10-9-17(27-16(4)23)13-19(18)28-22(21)24/h7,9-11,13H,6,8,12H2,1-5H3. The molecule has 2 rings (SSSR count). The summed E-state index contributed by atoms with van der Waals surface area (Å²) in [6, 6.07) is 4.73. The maximum atomic E-state index is 12.4. The van der Waals surface area contributed by atoms with Gasteiger partial charge in [-0.15, -0.1) is 0 Å². The van der Waals surface area contributed by atoms with Crippen LogP contribution in [0.5, 0.6) is 17.2 Å². The van der Waals surface area contributed by atoms with Gasteiger partial charge in [-0.05, 0) is 51.8 Å². The lowest BCUT2D eigenvalue weighted by atomic mass is 10.1. The monoisotopic (exact) mass is 386 g/mol. The molecule has 6 heteroatoms. The summed E-state index contributed by atoms with van der Waals surface area (Å²) in [5, 5.41) is 0.553. The molecule has 1 heterocycles. The smallest absolute Gasteiger partial charge is 0.383 e. The van der Waals surface area contributed by atoms with Gasteiger partial charge in [0.1, 0.15) is 17.9 Å². The summed E-state index contributed by atoms with van der Waals surface area (Å²) in [4.78, 5) is 23.5. The number of benzene rings is 1. The summed E-state index contributed by atoms with van der Waals surface area (Å²) < 4.78 is 21.4. The predicted molar refractivity (Wildman–Crippen MR) is 108 cm³/mol. The van der Waals surface area contributed by atoms with Gasteiger partial charge in [0.25, 0.3) is 0 Å². The zero-order valence-electron chi connectivity index (χ0n) is 17.0. The first-order chi connectivity index (χ1) is 13.3. The summed E-state index contributed by atoms with van der Waals surface area (Å²) in [6.07, 6.45) is 6.02. The zero-order valence-corrected chi connectivity index (χ0v) is 17.0. The molecule has 0 saturated heterocycles. The Labute approximate surface area is 164 Å². The van der Waals surface area contributed by atoms with Crippen LogP contribution in [0.2, 0.25) is 0 Å². The molecule has 28 heavy (non-hydrogen) atoms. The molecule has 0 unspecified atom stereocenters. The van der Waals surface area contributed by atoms with Crippen LogP contribution < -0.4 is 19.8 Å². The average Bonchev–Trinajstić information content (AvgIpc) is 2.61. The van der Waals surface area contributed by atoms with E-state index in [9.17, 15) is 9.59 Å². The third-order valence-corrected chi connectivity index (χ3v) is 4.01. The maximum absolute atomic E-state index is 12.4. The van der Waals surface area contributed by atoms with Gasteiger partial charge in [-0.2, -0.15) is 0 Å². The van der Waals surface area contributed by atoms with Crippen LogP contribution in [-0.2, 0) is 4.79 Å². The van der Waals surface area contributed by atoms with E-state index in [1.807, 2.05) is 13.0 Å².